The zero-order valence-corrected chi connectivity index (χ0v) is 11.8. The lowest BCUT2D eigenvalue weighted by Crippen LogP contribution is -2.59. The van der Waals surface area contributed by atoms with Crippen LogP contribution < -0.4 is 10.6 Å². The van der Waals surface area contributed by atoms with E-state index in [2.05, 4.69) is 15.5 Å². The summed E-state index contributed by atoms with van der Waals surface area (Å²) >= 11 is 0. The quantitative estimate of drug-likeness (QED) is 0.632. The van der Waals surface area contributed by atoms with Crippen LogP contribution in [0.3, 0.4) is 0 Å². The highest BCUT2D eigenvalue weighted by Crippen LogP contribution is 2.27. The van der Waals surface area contributed by atoms with Crippen LogP contribution in [0.2, 0.25) is 0 Å². The smallest absolute Gasteiger partial charge is 0.315 e. The molecule has 3 N–H and O–H groups in total. The number of urea groups is 1. The normalized spacial score (nSPS) is 29.8. The molecule has 2 amide bonds. The average molecular weight is 285 g/mol. The van der Waals surface area contributed by atoms with E-state index >= 15 is 0 Å². The number of ether oxygens (including phenoxy) is 1. The molecule has 3 saturated heterocycles. The van der Waals surface area contributed by atoms with Crippen LogP contribution in [-0.2, 0) is 9.53 Å². The van der Waals surface area contributed by atoms with Crippen LogP contribution in [-0.4, -0.2) is 67.4 Å². The third-order valence-electron chi connectivity index (χ3n) is 4.20. The van der Waals surface area contributed by atoms with Gasteiger partial charge in [0.05, 0.1) is 12.5 Å². The molecule has 114 valence electrons. The monoisotopic (exact) mass is 285 g/mol. The van der Waals surface area contributed by atoms with Crippen LogP contribution in [0.5, 0.6) is 0 Å². The van der Waals surface area contributed by atoms with Gasteiger partial charge in [0, 0.05) is 26.2 Å². The Morgan fingerprint density at radius 2 is 2.10 bits per heavy atom. The summed E-state index contributed by atoms with van der Waals surface area (Å²) in [4.78, 5) is 24.8. The van der Waals surface area contributed by atoms with Crippen LogP contribution in [0.25, 0.3) is 0 Å². The molecule has 0 aliphatic carbocycles. The van der Waals surface area contributed by atoms with Crippen molar-refractivity contribution in [2.75, 3.05) is 33.3 Å². The van der Waals surface area contributed by atoms with Crippen molar-refractivity contribution in [3.8, 4) is 0 Å². The Kier molecular flexibility index (Phi) is 5.19. The van der Waals surface area contributed by atoms with Gasteiger partial charge in [-0.25, -0.2) is 4.79 Å². The van der Waals surface area contributed by atoms with Gasteiger partial charge >= 0.3 is 12.0 Å². The van der Waals surface area contributed by atoms with Gasteiger partial charge in [0.25, 0.3) is 0 Å². The summed E-state index contributed by atoms with van der Waals surface area (Å²) in [5, 5.41) is 14.4. The van der Waals surface area contributed by atoms with Gasteiger partial charge in [0.1, 0.15) is 0 Å². The van der Waals surface area contributed by atoms with Crippen LogP contribution in [0.1, 0.15) is 19.3 Å². The summed E-state index contributed by atoms with van der Waals surface area (Å²) in [6.45, 7) is 3.39. The largest absolute Gasteiger partial charge is 0.481 e. The molecule has 3 aliphatic heterocycles. The number of hydrogen-bond donors (Lipinski definition) is 3. The van der Waals surface area contributed by atoms with Crippen molar-refractivity contribution in [2.24, 2.45) is 5.92 Å². The number of fused-ring (bicyclic) bond motifs is 3. The van der Waals surface area contributed by atoms with E-state index in [1.165, 1.54) is 7.11 Å². The number of rotatable bonds is 6. The molecule has 7 heteroatoms. The minimum atomic E-state index is -0.934. The summed E-state index contributed by atoms with van der Waals surface area (Å²) in [7, 11) is 1.45. The van der Waals surface area contributed by atoms with Gasteiger partial charge in [0.2, 0.25) is 0 Å². The fraction of sp³-hybridized carbons (Fsp3) is 0.846. The Labute approximate surface area is 118 Å². The molecule has 3 aliphatic rings. The number of nitrogens with one attached hydrogen (secondary N) is 2. The molecule has 2 unspecified atom stereocenters. The first-order valence-corrected chi connectivity index (χ1v) is 7.09. The van der Waals surface area contributed by atoms with E-state index in [4.69, 9.17) is 9.84 Å². The number of amides is 2. The first-order valence-electron chi connectivity index (χ1n) is 7.09. The number of carbonyl (C=O) groups excluding carboxylic acids is 1. The van der Waals surface area contributed by atoms with Crippen molar-refractivity contribution in [1.29, 1.82) is 0 Å². The molecular weight excluding hydrogens is 262 g/mol. The molecule has 3 rings (SSSR count). The van der Waals surface area contributed by atoms with Crippen molar-refractivity contribution >= 4 is 12.0 Å². The second-order valence-corrected chi connectivity index (χ2v) is 5.55. The summed E-state index contributed by atoms with van der Waals surface area (Å²) in [6, 6.07) is -0.0332. The van der Waals surface area contributed by atoms with Crippen molar-refractivity contribution in [3.63, 3.8) is 0 Å². The topological polar surface area (TPSA) is 90.9 Å². The molecule has 2 bridgehead atoms. The molecule has 0 spiro atoms. The van der Waals surface area contributed by atoms with Crippen molar-refractivity contribution < 1.29 is 19.4 Å². The lowest BCUT2D eigenvalue weighted by Gasteiger charge is -2.44. The number of carboxylic acid groups (broad SMARTS) is 1. The zero-order valence-electron chi connectivity index (χ0n) is 11.8. The molecule has 0 saturated carbocycles. The summed E-state index contributed by atoms with van der Waals surface area (Å²) in [6.07, 6.45) is 1.68. The Balaban J connectivity index is 1.71. The van der Waals surface area contributed by atoms with Crippen LogP contribution in [0.15, 0.2) is 0 Å². The van der Waals surface area contributed by atoms with E-state index in [1.807, 2.05) is 0 Å². The number of carbonyl (C=O) groups is 2. The fourth-order valence-electron chi connectivity index (χ4n) is 2.99. The minimum absolute atomic E-state index is 0.114. The second-order valence-electron chi connectivity index (χ2n) is 5.55. The second kappa shape index (κ2) is 6.90. The maximum Gasteiger partial charge on any atom is 0.315 e. The van der Waals surface area contributed by atoms with Crippen LogP contribution >= 0.6 is 0 Å². The van der Waals surface area contributed by atoms with Crippen molar-refractivity contribution in [2.45, 2.75) is 31.4 Å². The molecule has 0 aromatic carbocycles. The Morgan fingerprint density at radius 1 is 1.40 bits per heavy atom. The highest BCUT2D eigenvalue weighted by Gasteiger charge is 2.34. The molecule has 0 radical (unpaired) electrons. The first kappa shape index (κ1) is 15.1. The lowest BCUT2D eigenvalue weighted by molar-refractivity contribution is -0.139. The molecule has 20 heavy (non-hydrogen) atoms. The molecular formula is C13H23N3O4. The summed E-state index contributed by atoms with van der Waals surface area (Å²) < 4.78 is 5.02. The highest BCUT2D eigenvalue weighted by atomic mass is 16.5. The van der Waals surface area contributed by atoms with E-state index in [0.29, 0.717) is 5.92 Å². The number of carboxylic acids is 1. The Hall–Kier alpha value is -1.34. The van der Waals surface area contributed by atoms with Crippen molar-refractivity contribution in [3.05, 3.63) is 0 Å². The number of methoxy groups -OCH3 is 1. The van der Waals surface area contributed by atoms with Gasteiger partial charge in [0.15, 0.2) is 0 Å². The zero-order chi connectivity index (χ0) is 14.5. The third-order valence-corrected chi connectivity index (χ3v) is 4.20. The van der Waals surface area contributed by atoms with Gasteiger partial charge in [-0.3, -0.25) is 4.79 Å². The maximum atomic E-state index is 11.9. The highest BCUT2D eigenvalue weighted by molar-refractivity contribution is 5.74. The van der Waals surface area contributed by atoms with Crippen LogP contribution in [0, 0.1) is 5.92 Å². The van der Waals surface area contributed by atoms with Gasteiger partial charge in [-0.2, -0.15) is 0 Å². The first-order chi connectivity index (χ1) is 9.58. The predicted octanol–water partition coefficient (Wildman–Crippen LogP) is -0.130. The van der Waals surface area contributed by atoms with Gasteiger partial charge in [-0.15, -0.1) is 0 Å². The van der Waals surface area contributed by atoms with E-state index in [0.717, 1.165) is 32.5 Å². The number of piperidine rings is 3. The fourth-order valence-corrected chi connectivity index (χ4v) is 2.99. The van der Waals surface area contributed by atoms with E-state index in [9.17, 15) is 9.59 Å². The Bertz CT molecular complexity index is 356. The molecule has 3 fully saturated rings. The van der Waals surface area contributed by atoms with Gasteiger partial charge < -0.3 is 25.4 Å². The average Bonchev–Trinajstić information content (AvgIpc) is 2.44. The van der Waals surface area contributed by atoms with E-state index in [-0.39, 0.29) is 25.0 Å². The van der Waals surface area contributed by atoms with Crippen molar-refractivity contribution in [1.82, 2.24) is 15.5 Å². The molecule has 2 atom stereocenters. The lowest BCUT2D eigenvalue weighted by atomic mass is 9.84. The molecule has 7 nitrogen and oxygen atoms in total. The number of aliphatic carboxylic acids is 1. The summed E-state index contributed by atoms with van der Waals surface area (Å²) in [5.41, 5.74) is 0. The van der Waals surface area contributed by atoms with E-state index in [1.54, 1.807) is 0 Å². The van der Waals surface area contributed by atoms with Gasteiger partial charge in [-0.05, 0) is 31.8 Å². The van der Waals surface area contributed by atoms with Crippen LogP contribution in [0.4, 0.5) is 4.79 Å². The number of nitrogens with zero attached hydrogens (tertiary/aromatic N) is 1. The maximum absolute atomic E-state index is 11.9. The Morgan fingerprint density at radius 3 is 2.60 bits per heavy atom. The summed E-state index contributed by atoms with van der Waals surface area (Å²) in [5.74, 6) is -0.362. The molecule has 0 aromatic heterocycles. The SMILES string of the molecule is COC(CNC(=O)NC1CN2CCC1CC2)CC(=O)O. The third kappa shape index (κ3) is 4.08. The predicted molar refractivity (Wildman–Crippen MR) is 72.5 cm³/mol. The number of hydrogen-bond acceptors (Lipinski definition) is 4. The minimum Gasteiger partial charge on any atom is -0.481 e. The van der Waals surface area contributed by atoms with E-state index < -0.39 is 12.1 Å². The molecule has 3 heterocycles. The van der Waals surface area contributed by atoms with Gasteiger partial charge in [-0.1, -0.05) is 0 Å². The standard InChI is InChI=1S/C13H23N3O4/c1-20-10(6-12(17)18)7-14-13(19)15-11-8-16-4-2-9(11)3-5-16/h9-11H,2-8H2,1H3,(H,17,18)(H2,14,15,19). The molecule has 0 aromatic rings.